The smallest absolute Gasteiger partial charge is 0.277 e. The first kappa shape index (κ1) is 45.1. The van der Waals surface area contributed by atoms with Gasteiger partial charge in [-0.2, -0.15) is 39.5 Å². The predicted molar refractivity (Wildman–Crippen MR) is 203 cm³/mol. The van der Waals surface area contributed by atoms with Gasteiger partial charge in [-0.15, -0.1) is 0 Å². The number of hydrogen-bond donors (Lipinski definition) is 0. The third-order valence-electron chi connectivity index (χ3n) is 11.3. The summed E-state index contributed by atoms with van der Waals surface area (Å²) in [4.78, 5) is 101. The molecular weight excluding hydrogens is 847 g/mol. The van der Waals surface area contributed by atoms with Crippen LogP contribution in [0, 0.1) is 0 Å². The Bertz CT molecular complexity index is 2870. The fraction of sp³-hybridized carbons (Fsp3) is 0.366. The van der Waals surface area contributed by atoms with Gasteiger partial charge in [0.2, 0.25) is 0 Å². The Morgan fingerprint density at radius 3 is 1.29 bits per heavy atom. The zero-order valence-electron chi connectivity index (χ0n) is 33.2. The Hall–Kier alpha value is -6.41. The fourth-order valence-corrected chi connectivity index (χ4v) is 7.77. The average Bonchev–Trinajstić information content (AvgIpc) is 3.76. The van der Waals surface area contributed by atoms with Crippen molar-refractivity contribution in [2.24, 2.45) is 7.05 Å². The highest BCUT2D eigenvalue weighted by Crippen LogP contribution is 2.48. The van der Waals surface area contributed by atoms with Crippen LogP contribution in [-0.2, 0) is 31.4 Å². The number of carbonyl (C=O) groups excluding carboxylic acids is 4. The lowest BCUT2D eigenvalue weighted by atomic mass is 9.74. The van der Waals surface area contributed by atoms with Crippen LogP contribution in [0.1, 0.15) is 110 Å². The van der Waals surface area contributed by atoms with Gasteiger partial charge in [-0.1, -0.05) is 38.8 Å². The van der Waals surface area contributed by atoms with E-state index < -0.39 is 109 Å². The predicted octanol–water partition coefficient (Wildman–Crippen LogP) is 6.46. The number of alkyl halides is 9. The number of aromatic nitrogens is 2. The van der Waals surface area contributed by atoms with Crippen molar-refractivity contribution in [1.82, 2.24) is 18.9 Å². The lowest BCUT2D eigenvalue weighted by Gasteiger charge is -2.33. The molecule has 12 nitrogen and oxygen atoms in total. The molecule has 5 aromatic rings. The zero-order chi connectivity index (χ0) is 46.3. The van der Waals surface area contributed by atoms with Crippen LogP contribution < -0.4 is 22.2 Å². The van der Waals surface area contributed by atoms with E-state index in [1.54, 1.807) is 6.92 Å². The highest BCUT2D eigenvalue weighted by atomic mass is 19.4. The minimum Gasteiger partial charge on any atom is -0.277 e. The third kappa shape index (κ3) is 6.71. The maximum absolute atomic E-state index is 14.5. The van der Waals surface area contributed by atoms with E-state index in [0.717, 1.165) is 35.3 Å². The van der Waals surface area contributed by atoms with Gasteiger partial charge in [-0.05, 0) is 55.2 Å². The van der Waals surface area contributed by atoms with E-state index in [1.165, 1.54) is 31.3 Å². The number of rotatable bonds is 8. The molecule has 2 aliphatic heterocycles. The second-order valence-electron chi connectivity index (χ2n) is 15.0. The van der Waals surface area contributed by atoms with Crippen molar-refractivity contribution in [3.8, 4) is 0 Å². The molecule has 0 N–H and O–H groups in total. The number of benzene rings is 3. The molecule has 1 atom stereocenters. The van der Waals surface area contributed by atoms with Crippen LogP contribution in [0.3, 0.4) is 0 Å². The number of halogens is 9. The van der Waals surface area contributed by atoms with Gasteiger partial charge in [0, 0.05) is 27.2 Å². The fourth-order valence-electron chi connectivity index (χ4n) is 7.77. The van der Waals surface area contributed by atoms with Gasteiger partial charge >= 0.3 is 18.5 Å². The Balaban J connectivity index is 0.000000209. The van der Waals surface area contributed by atoms with Crippen molar-refractivity contribution in [3.05, 3.63) is 122 Å². The van der Waals surface area contributed by atoms with Crippen molar-refractivity contribution >= 4 is 45.2 Å². The second kappa shape index (κ2) is 15.2. The molecule has 62 heavy (non-hydrogen) atoms. The van der Waals surface area contributed by atoms with Crippen molar-refractivity contribution in [2.75, 3.05) is 13.6 Å². The topological polar surface area (TPSA) is 153 Å². The molecule has 1 unspecified atom stereocenters. The number of imide groups is 2. The molecule has 3 aromatic carbocycles. The quantitative estimate of drug-likeness (QED) is 0.127. The Kier molecular flexibility index (Phi) is 11.1. The van der Waals surface area contributed by atoms with Gasteiger partial charge in [0.25, 0.3) is 45.9 Å². The van der Waals surface area contributed by atoms with Gasteiger partial charge in [-0.25, -0.2) is 0 Å². The molecule has 328 valence electrons. The summed E-state index contributed by atoms with van der Waals surface area (Å²) in [6.45, 7) is 4.30. The van der Waals surface area contributed by atoms with E-state index in [2.05, 4.69) is 0 Å². The van der Waals surface area contributed by atoms with Crippen LogP contribution in [0.15, 0.2) is 55.6 Å². The maximum atomic E-state index is 14.5. The van der Waals surface area contributed by atoms with Gasteiger partial charge in [-0.3, -0.25) is 57.3 Å². The van der Waals surface area contributed by atoms with E-state index in [1.807, 2.05) is 6.92 Å². The minimum absolute atomic E-state index is 0.0390. The first-order valence-corrected chi connectivity index (χ1v) is 18.8. The van der Waals surface area contributed by atoms with Crippen molar-refractivity contribution in [1.29, 1.82) is 0 Å². The van der Waals surface area contributed by atoms with Crippen LogP contribution in [0.25, 0.3) is 21.5 Å². The third-order valence-corrected chi connectivity index (χ3v) is 11.3. The summed E-state index contributed by atoms with van der Waals surface area (Å²) in [6.07, 6.45) is -13.8. The summed E-state index contributed by atoms with van der Waals surface area (Å²) in [7, 11) is 1.98. The summed E-state index contributed by atoms with van der Waals surface area (Å²) < 4.78 is 127. The van der Waals surface area contributed by atoms with Gasteiger partial charge in [0.05, 0.1) is 54.9 Å². The number of hydrogen-bond acceptors (Lipinski definition) is 8. The molecule has 4 amide bonds. The first-order chi connectivity index (χ1) is 28.7. The number of unbranched alkanes of at least 4 members (excludes halogenated alkanes) is 2. The number of nitrogens with zero attached hydrogens (tertiary/aromatic N) is 4. The number of fused-ring (bicyclic) bond motifs is 4. The molecule has 0 spiro atoms. The van der Waals surface area contributed by atoms with E-state index in [9.17, 15) is 77.9 Å². The van der Waals surface area contributed by atoms with E-state index >= 15 is 0 Å². The van der Waals surface area contributed by atoms with Crippen LogP contribution in [-0.4, -0.2) is 62.3 Å². The van der Waals surface area contributed by atoms with Crippen LogP contribution >= 0.6 is 0 Å². The Morgan fingerprint density at radius 1 is 0.500 bits per heavy atom. The average molecular weight is 881 g/mol. The minimum atomic E-state index is -5.46. The SMILES string of the molecule is CCCCN1C(=O)c2ccc(C(C)(c3ccc4c(c3)C(=O)N(C)C4=O)C(F)(F)F)cc2C1=O.CCCCn1c(=O)c2c(C(F)(F)F)c3c(=O)n(C)c(=O)c3c(C(F)(F)F)c2c1=O. The lowest BCUT2D eigenvalue weighted by Crippen LogP contribution is -2.41. The van der Waals surface area contributed by atoms with Crippen LogP contribution in [0.5, 0.6) is 0 Å². The largest absolute Gasteiger partial charge is 0.418 e. The molecule has 0 radical (unpaired) electrons. The monoisotopic (exact) mass is 880 g/mol. The maximum Gasteiger partial charge on any atom is 0.418 e. The van der Waals surface area contributed by atoms with Crippen molar-refractivity contribution in [2.45, 2.75) is 76.9 Å². The van der Waals surface area contributed by atoms with Crippen molar-refractivity contribution < 1.29 is 58.7 Å². The van der Waals surface area contributed by atoms with Gasteiger partial charge < -0.3 is 0 Å². The summed E-state index contributed by atoms with van der Waals surface area (Å²) in [6, 6.07) is 7.02. The molecule has 4 heterocycles. The molecular formula is C41H33F9N4O8. The molecule has 7 rings (SSSR count). The highest BCUT2D eigenvalue weighted by Gasteiger charge is 2.55. The lowest BCUT2D eigenvalue weighted by molar-refractivity contribution is -0.173. The summed E-state index contributed by atoms with van der Waals surface area (Å²) in [5, 5.41) is -6.20. The number of carbonyl (C=O) groups is 4. The van der Waals surface area contributed by atoms with Gasteiger partial charge in [0.1, 0.15) is 5.41 Å². The van der Waals surface area contributed by atoms with Gasteiger partial charge in [0.15, 0.2) is 0 Å². The molecule has 0 bridgehead atoms. The van der Waals surface area contributed by atoms with E-state index in [4.69, 9.17) is 0 Å². The molecule has 21 heteroatoms. The molecule has 0 fully saturated rings. The van der Waals surface area contributed by atoms with E-state index in [-0.39, 0.29) is 55.5 Å². The zero-order valence-corrected chi connectivity index (χ0v) is 33.2. The summed E-state index contributed by atoms with van der Waals surface area (Å²) in [5.74, 6) is -2.40. The Labute approximate surface area is 342 Å². The molecule has 0 aliphatic carbocycles. The first-order valence-electron chi connectivity index (χ1n) is 18.8. The van der Waals surface area contributed by atoms with Crippen LogP contribution in [0.4, 0.5) is 39.5 Å². The molecule has 0 saturated heterocycles. The second-order valence-corrected chi connectivity index (χ2v) is 15.0. The summed E-state index contributed by atoms with van der Waals surface area (Å²) in [5.41, 5.74) is -13.5. The standard InChI is InChI=1S/C24H21F3N2O4.C17H12F6N2O4/c1-4-5-10-29-21(32)16-9-7-14(12-18(16)22(29)33)23(2,24(25,26)27)13-6-8-15-17(11-13)20(31)28(3)19(15)30;1-3-4-5-25-14(28)8-9(15(25)29)11(17(21,22)23)7-6(10(8)16(18,19)20)12(26)24(2)13(7)27/h6-9,11-12H,4-5,10H2,1-3H3;3-5H2,1-2H3. The van der Waals surface area contributed by atoms with Crippen molar-refractivity contribution in [3.63, 3.8) is 0 Å². The molecule has 0 saturated carbocycles. The normalized spacial score (nSPS) is 15.5. The molecule has 2 aliphatic rings. The molecule has 2 aromatic heterocycles. The summed E-state index contributed by atoms with van der Waals surface area (Å²) >= 11 is 0. The highest BCUT2D eigenvalue weighted by molar-refractivity contribution is 6.22. The van der Waals surface area contributed by atoms with E-state index in [0.29, 0.717) is 19.9 Å². The number of amides is 4. The van der Waals surface area contributed by atoms with Crippen LogP contribution in [0.2, 0.25) is 0 Å². The Morgan fingerprint density at radius 2 is 0.871 bits per heavy atom.